The number of aromatic nitrogens is 1. The first kappa shape index (κ1) is 20.2. The normalized spacial score (nSPS) is 24.9. The van der Waals surface area contributed by atoms with Crippen molar-refractivity contribution in [1.29, 1.82) is 0 Å². The van der Waals surface area contributed by atoms with Crippen LogP contribution in [0.1, 0.15) is 27.5 Å². The lowest BCUT2D eigenvalue weighted by molar-refractivity contribution is -0.126. The van der Waals surface area contributed by atoms with Gasteiger partial charge in [0.05, 0.1) is 5.92 Å². The predicted octanol–water partition coefficient (Wildman–Crippen LogP) is 4.76. The molecule has 156 valence electrons. The fourth-order valence-electron chi connectivity index (χ4n) is 5.09. The van der Waals surface area contributed by atoms with E-state index in [0.717, 1.165) is 11.1 Å². The molecule has 0 unspecified atom stereocenters. The van der Waals surface area contributed by atoms with Gasteiger partial charge in [0.1, 0.15) is 11.2 Å². The number of benzene rings is 2. The third kappa shape index (κ3) is 2.99. The lowest BCUT2D eigenvalue weighted by Crippen LogP contribution is -2.51. The van der Waals surface area contributed by atoms with E-state index in [4.69, 9.17) is 23.2 Å². The highest BCUT2D eigenvalue weighted by Gasteiger charge is 2.64. The summed E-state index contributed by atoms with van der Waals surface area (Å²) in [4.78, 5) is 33.7. The fraction of sp³-hybridized carbons (Fsp3) is 0.208. The molecule has 1 amide bonds. The monoisotopic (exact) mass is 451 g/mol. The van der Waals surface area contributed by atoms with Crippen LogP contribution in [0.3, 0.4) is 0 Å². The smallest absolute Gasteiger partial charge is 0.250 e. The van der Waals surface area contributed by atoms with Gasteiger partial charge in [0.2, 0.25) is 5.91 Å². The highest BCUT2D eigenvalue weighted by atomic mass is 35.5. The summed E-state index contributed by atoms with van der Waals surface area (Å²) in [5.74, 6) is -1.31. The number of anilines is 1. The average Bonchev–Trinajstić information content (AvgIpc) is 3.24. The van der Waals surface area contributed by atoms with Crippen molar-refractivity contribution >= 4 is 40.6 Å². The molecular weight excluding hydrogens is 433 g/mol. The Morgan fingerprint density at radius 1 is 1.10 bits per heavy atom. The molecule has 3 aromatic rings. The molecule has 2 aliphatic heterocycles. The quantitative estimate of drug-likeness (QED) is 0.582. The number of rotatable bonds is 3. The Kier molecular flexibility index (Phi) is 4.85. The molecule has 1 N–H and O–H groups in total. The van der Waals surface area contributed by atoms with E-state index in [2.05, 4.69) is 10.3 Å². The molecule has 1 aromatic heterocycles. The summed E-state index contributed by atoms with van der Waals surface area (Å²) >= 11 is 12.4. The van der Waals surface area contributed by atoms with Gasteiger partial charge in [-0.15, -0.1) is 0 Å². The molecule has 0 radical (unpaired) electrons. The number of ketones is 1. The lowest BCUT2D eigenvalue weighted by Gasteiger charge is -2.35. The van der Waals surface area contributed by atoms with Crippen molar-refractivity contribution in [1.82, 2.24) is 9.88 Å². The van der Waals surface area contributed by atoms with E-state index in [0.29, 0.717) is 28.0 Å². The van der Waals surface area contributed by atoms with Crippen LogP contribution in [0.2, 0.25) is 10.0 Å². The third-order valence-corrected chi connectivity index (χ3v) is 6.90. The van der Waals surface area contributed by atoms with Crippen molar-refractivity contribution in [3.05, 3.63) is 93.7 Å². The summed E-state index contributed by atoms with van der Waals surface area (Å²) < 4.78 is 0. The first-order valence-electron chi connectivity index (χ1n) is 9.96. The number of likely N-dealkylation sites (tertiary alicyclic amines) is 1. The van der Waals surface area contributed by atoms with Crippen LogP contribution in [0.4, 0.5) is 5.69 Å². The van der Waals surface area contributed by atoms with Crippen LogP contribution in [0, 0.1) is 5.92 Å². The molecule has 5 nitrogen and oxygen atoms in total. The van der Waals surface area contributed by atoms with Gasteiger partial charge in [-0.1, -0.05) is 41.4 Å². The highest BCUT2D eigenvalue weighted by molar-refractivity contribution is 6.31. The fourth-order valence-corrected chi connectivity index (χ4v) is 5.39. The molecule has 3 atom stereocenters. The zero-order valence-corrected chi connectivity index (χ0v) is 18.2. The molecule has 0 bridgehead atoms. The minimum atomic E-state index is -1.18. The van der Waals surface area contributed by atoms with Gasteiger partial charge in [0, 0.05) is 40.0 Å². The van der Waals surface area contributed by atoms with Crippen LogP contribution in [-0.4, -0.2) is 35.2 Å². The number of pyridine rings is 1. The first-order chi connectivity index (χ1) is 14.9. The van der Waals surface area contributed by atoms with E-state index in [9.17, 15) is 9.59 Å². The van der Waals surface area contributed by atoms with E-state index < -0.39 is 11.5 Å². The molecule has 5 rings (SSSR count). The van der Waals surface area contributed by atoms with Gasteiger partial charge < -0.3 is 5.32 Å². The summed E-state index contributed by atoms with van der Waals surface area (Å²) in [6, 6.07) is 18.0. The minimum absolute atomic E-state index is 0.173. The third-order valence-electron chi connectivity index (χ3n) is 6.41. The van der Waals surface area contributed by atoms with Gasteiger partial charge in [-0.3, -0.25) is 19.5 Å². The van der Waals surface area contributed by atoms with Crippen LogP contribution in [-0.2, 0) is 10.3 Å². The Bertz CT molecular complexity index is 1180. The number of nitrogens with one attached hydrogen (secondary N) is 1. The second kappa shape index (κ2) is 7.45. The van der Waals surface area contributed by atoms with Crippen molar-refractivity contribution in [3.63, 3.8) is 0 Å². The molecule has 1 fully saturated rings. The number of fused-ring (bicyclic) bond motifs is 2. The second-order valence-corrected chi connectivity index (χ2v) is 8.88. The number of Topliss-reactive ketones (excluding diaryl/α,β-unsaturated/α-hetero) is 1. The number of nitrogens with zero attached hydrogens (tertiary/aromatic N) is 2. The Balaban J connectivity index is 1.74. The summed E-state index contributed by atoms with van der Waals surface area (Å²) in [5, 5.41) is 4.11. The maximum Gasteiger partial charge on any atom is 0.250 e. The molecule has 7 heteroatoms. The van der Waals surface area contributed by atoms with E-state index in [1.165, 1.54) is 0 Å². The van der Waals surface area contributed by atoms with Gasteiger partial charge in [-0.25, -0.2) is 0 Å². The second-order valence-electron chi connectivity index (χ2n) is 8.01. The molecule has 31 heavy (non-hydrogen) atoms. The van der Waals surface area contributed by atoms with Crippen LogP contribution in [0.5, 0.6) is 0 Å². The zero-order valence-electron chi connectivity index (χ0n) is 16.7. The van der Waals surface area contributed by atoms with Crippen molar-refractivity contribution < 1.29 is 9.59 Å². The molecule has 0 aliphatic carbocycles. The number of likely N-dealkylation sites (N-methyl/N-ethyl adjacent to an activating group) is 1. The number of halogens is 2. The number of carbonyl (C=O) groups excluding carboxylic acids is 2. The van der Waals surface area contributed by atoms with E-state index in [-0.39, 0.29) is 17.6 Å². The topological polar surface area (TPSA) is 62.3 Å². The summed E-state index contributed by atoms with van der Waals surface area (Å²) in [6.07, 6.45) is 1.59. The molecule has 0 saturated carbocycles. The largest absolute Gasteiger partial charge is 0.324 e. The first-order valence-corrected chi connectivity index (χ1v) is 10.7. The van der Waals surface area contributed by atoms with Gasteiger partial charge >= 0.3 is 0 Å². The average molecular weight is 452 g/mol. The maximum absolute atomic E-state index is 13.9. The van der Waals surface area contributed by atoms with Crippen molar-refractivity contribution in [2.75, 3.05) is 18.9 Å². The molecule has 1 spiro atoms. The number of amides is 1. The Labute approximate surface area is 190 Å². The standard InChI is InChI=1S/C24H19Cl2N3O2/c1-29-13-17(14-5-7-15(25)8-6-14)21(22(30)20-4-2-3-11-27-20)24(29)18-12-16(26)9-10-19(18)28-23(24)31/h2-12,17,21H,13H2,1H3,(H,28,31)/t17-,21+,24+/m1/s1. The number of hydrogen-bond donors (Lipinski definition) is 1. The summed E-state index contributed by atoms with van der Waals surface area (Å²) in [6.45, 7) is 0.518. The number of hydrogen-bond acceptors (Lipinski definition) is 4. The van der Waals surface area contributed by atoms with Gasteiger partial charge in [0.25, 0.3) is 0 Å². The van der Waals surface area contributed by atoms with Crippen LogP contribution in [0.25, 0.3) is 0 Å². The van der Waals surface area contributed by atoms with E-state index >= 15 is 0 Å². The molecule has 2 aromatic carbocycles. The molecular formula is C24H19Cl2N3O2. The van der Waals surface area contributed by atoms with Gasteiger partial charge in [-0.05, 0) is 55.1 Å². The van der Waals surface area contributed by atoms with Gasteiger partial charge in [-0.2, -0.15) is 0 Å². The van der Waals surface area contributed by atoms with Crippen molar-refractivity contribution in [2.24, 2.45) is 5.92 Å². The molecule has 1 saturated heterocycles. The Morgan fingerprint density at radius 3 is 2.55 bits per heavy atom. The SMILES string of the molecule is CN1C[C@H](c2ccc(Cl)cc2)[C@@H](C(=O)c2ccccn2)[C@@]12C(=O)Nc1ccc(Cl)cc12. The Morgan fingerprint density at radius 2 is 1.84 bits per heavy atom. The van der Waals surface area contributed by atoms with Crippen molar-refractivity contribution in [2.45, 2.75) is 11.5 Å². The van der Waals surface area contributed by atoms with E-state index in [1.807, 2.05) is 36.2 Å². The van der Waals surface area contributed by atoms with Crippen molar-refractivity contribution in [3.8, 4) is 0 Å². The van der Waals surface area contributed by atoms with Crippen LogP contribution in [0.15, 0.2) is 66.9 Å². The lowest BCUT2D eigenvalue weighted by atomic mass is 9.71. The zero-order chi connectivity index (χ0) is 21.8. The van der Waals surface area contributed by atoms with Crippen LogP contribution >= 0.6 is 23.2 Å². The highest BCUT2D eigenvalue weighted by Crippen LogP contribution is 2.55. The summed E-state index contributed by atoms with van der Waals surface area (Å²) in [7, 11) is 1.88. The summed E-state index contributed by atoms with van der Waals surface area (Å²) in [5.41, 5.74) is 1.50. The predicted molar refractivity (Wildman–Crippen MR) is 121 cm³/mol. The maximum atomic E-state index is 13.9. The molecule has 2 aliphatic rings. The van der Waals surface area contributed by atoms with Gasteiger partial charge in [0.15, 0.2) is 5.78 Å². The van der Waals surface area contributed by atoms with Crippen LogP contribution < -0.4 is 5.32 Å². The molecule has 3 heterocycles. The Hall–Kier alpha value is -2.73. The number of carbonyl (C=O) groups is 2. The van der Waals surface area contributed by atoms with E-state index in [1.54, 1.807) is 42.6 Å². The minimum Gasteiger partial charge on any atom is -0.324 e.